The summed E-state index contributed by atoms with van der Waals surface area (Å²) in [6.07, 6.45) is -3.73. The molecule has 1 atom stereocenters. The second-order valence-electron chi connectivity index (χ2n) is 5.72. The van der Waals surface area contributed by atoms with Crippen molar-refractivity contribution < 1.29 is 22.2 Å². The van der Waals surface area contributed by atoms with Gasteiger partial charge in [0.05, 0.1) is 11.6 Å². The van der Waals surface area contributed by atoms with Crippen LogP contribution in [-0.4, -0.2) is 52.2 Å². The third kappa shape index (κ3) is 3.42. The largest absolute Gasteiger partial charge is 0.416 e. The molecule has 0 spiro atoms. The molecule has 2 fully saturated rings. The lowest BCUT2D eigenvalue weighted by Crippen LogP contribution is -2.48. The number of carbonyl (C=O) groups excluding carboxylic acids is 1. The molecule has 23 heavy (non-hydrogen) atoms. The molecule has 2 saturated heterocycles. The van der Waals surface area contributed by atoms with Crippen molar-refractivity contribution in [2.75, 3.05) is 36.0 Å². The number of benzene rings is 1. The molecule has 0 unspecified atom stereocenters. The summed E-state index contributed by atoms with van der Waals surface area (Å²) in [5, 5.41) is 0. The fourth-order valence-corrected chi connectivity index (χ4v) is 4.13. The summed E-state index contributed by atoms with van der Waals surface area (Å²) in [6, 6.07) is 4.43. The molecule has 2 aliphatic rings. The average Bonchev–Trinajstić information content (AvgIpc) is 2.89. The molecular weight excluding hydrogens is 329 g/mol. The van der Waals surface area contributed by atoms with Crippen LogP contribution in [0.1, 0.15) is 12.0 Å². The maximum atomic E-state index is 12.6. The van der Waals surface area contributed by atoms with Crippen molar-refractivity contribution in [2.24, 2.45) is 0 Å². The Morgan fingerprint density at radius 2 is 1.65 bits per heavy atom. The lowest BCUT2D eigenvalue weighted by molar-refractivity contribution is -0.137. The normalized spacial score (nSPS) is 24.4. The minimum atomic E-state index is -4.38. The summed E-state index contributed by atoms with van der Waals surface area (Å²) in [7, 11) is -0.801. The maximum absolute atomic E-state index is 12.6. The van der Waals surface area contributed by atoms with E-state index < -0.39 is 22.5 Å². The van der Waals surface area contributed by atoms with Crippen molar-refractivity contribution in [3.8, 4) is 0 Å². The molecule has 4 nitrogen and oxygen atoms in total. The van der Waals surface area contributed by atoms with E-state index in [0.29, 0.717) is 43.2 Å². The van der Waals surface area contributed by atoms with E-state index in [1.807, 2.05) is 4.90 Å². The number of carbonyl (C=O) groups is 1. The van der Waals surface area contributed by atoms with Crippen LogP contribution in [0, 0.1) is 0 Å². The summed E-state index contributed by atoms with van der Waals surface area (Å²) in [4.78, 5) is 16.1. The van der Waals surface area contributed by atoms with Gasteiger partial charge in [-0.1, -0.05) is 0 Å². The molecule has 0 N–H and O–H groups in total. The number of anilines is 1. The summed E-state index contributed by atoms with van der Waals surface area (Å²) in [6.45, 7) is 1.75. The summed E-state index contributed by atoms with van der Waals surface area (Å²) < 4.78 is 49.2. The molecule has 1 aromatic carbocycles. The molecule has 8 heteroatoms. The van der Waals surface area contributed by atoms with Crippen LogP contribution < -0.4 is 4.90 Å². The summed E-state index contributed by atoms with van der Waals surface area (Å²) in [5.41, 5.74) is -0.228. The van der Waals surface area contributed by atoms with Gasteiger partial charge in [-0.15, -0.1) is 0 Å². The molecule has 3 rings (SSSR count). The van der Waals surface area contributed by atoms with Gasteiger partial charge in [-0.2, -0.15) is 13.2 Å². The van der Waals surface area contributed by atoms with E-state index in [1.54, 1.807) is 0 Å². The molecule has 2 aliphatic heterocycles. The van der Waals surface area contributed by atoms with Gasteiger partial charge in [0.2, 0.25) is 5.91 Å². The lowest BCUT2D eigenvalue weighted by atomic mass is 10.2. The van der Waals surface area contributed by atoms with E-state index in [1.165, 1.54) is 17.0 Å². The van der Waals surface area contributed by atoms with E-state index in [-0.39, 0.29) is 11.9 Å². The van der Waals surface area contributed by atoms with Gasteiger partial charge in [-0.3, -0.25) is 13.9 Å². The molecule has 0 saturated carbocycles. The van der Waals surface area contributed by atoms with Gasteiger partial charge in [-0.05, 0) is 30.7 Å². The van der Waals surface area contributed by atoms with Crippen LogP contribution >= 0.6 is 0 Å². The van der Waals surface area contributed by atoms with E-state index in [2.05, 4.69) is 0 Å². The minimum Gasteiger partial charge on any atom is -0.311 e. The van der Waals surface area contributed by atoms with Crippen LogP contribution in [0.5, 0.6) is 0 Å². The summed E-state index contributed by atoms with van der Waals surface area (Å²) in [5.74, 6) is 1.06. The average molecular weight is 346 g/mol. The van der Waals surface area contributed by atoms with E-state index >= 15 is 0 Å². The van der Waals surface area contributed by atoms with E-state index in [4.69, 9.17) is 0 Å². The molecule has 0 radical (unpaired) electrons. The summed E-state index contributed by atoms with van der Waals surface area (Å²) >= 11 is 0. The van der Waals surface area contributed by atoms with Crippen molar-refractivity contribution >= 4 is 22.4 Å². The van der Waals surface area contributed by atoms with Crippen molar-refractivity contribution in [1.82, 2.24) is 4.90 Å². The smallest absolute Gasteiger partial charge is 0.311 e. The van der Waals surface area contributed by atoms with Crippen molar-refractivity contribution in [3.05, 3.63) is 29.8 Å². The van der Waals surface area contributed by atoms with Gasteiger partial charge in [-0.25, -0.2) is 0 Å². The molecule has 1 aromatic rings. The topological polar surface area (TPSA) is 40.6 Å². The second kappa shape index (κ2) is 6.24. The minimum absolute atomic E-state index is 0.0857. The third-order valence-corrected chi connectivity index (χ3v) is 5.61. The van der Waals surface area contributed by atoms with Crippen LogP contribution in [0.4, 0.5) is 18.9 Å². The van der Waals surface area contributed by atoms with Crippen LogP contribution in [0.15, 0.2) is 24.3 Å². The predicted molar refractivity (Wildman–Crippen MR) is 81.7 cm³/mol. The second-order valence-corrected chi connectivity index (χ2v) is 7.42. The first-order valence-electron chi connectivity index (χ1n) is 7.44. The zero-order valence-electron chi connectivity index (χ0n) is 12.4. The van der Waals surface area contributed by atoms with Crippen molar-refractivity contribution in [3.63, 3.8) is 0 Å². The van der Waals surface area contributed by atoms with Gasteiger partial charge >= 0.3 is 6.18 Å². The number of rotatable bonds is 2. The Morgan fingerprint density at radius 1 is 1.04 bits per heavy atom. The molecule has 0 aromatic heterocycles. The first kappa shape index (κ1) is 16.4. The fourth-order valence-electron chi connectivity index (χ4n) is 3.05. The van der Waals surface area contributed by atoms with Gasteiger partial charge in [0.1, 0.15) is 0 Å². The first-order valence-corrected chi connectivity index (χ1v) is 8.93. The standard InChI is InChI=1S/C15H17F3N2O2S/c16-15(17,18)11-1-3-12(4-2-11)20-6-5-13(14(20)21)19-7-9-23(22)10-8-19/h1-4,13H,5-10H2/t13-/m0/s1. The van der Waals surface area contributed by atoms with Crippen LogP contribution in [-0.2, 0) is 21.8 Å². The van der Waals surface area contributed by atoms with Gasteiger partial charge < -0.3 is 4.90 Å². The van der Waals surface area contributed by atoms with Crippen LogP contribution in [0.2, 0.25) is 0 Å². The highest BCUT2D eigenvalue weighted by Crippen LogP contribution is 2.32. The quantitative estimate of drug-likeness (QED) is 0.821. The third-order valence-electron chi connectivity index (χ3n) is 4.34. The van der Waals surface area contributed by atoms with Crippen LogP contribution in [0.3, 0.4) is 0 Å². The van der Waals surface area contributed by atoms with Crippen molar-refractivity contribution in [2.45, 2.75) is 18.6 Å². The Bertz CT molecular complexity index is 608. The molecule has 1 amide bonds. The van der Waals surface area contributed by atoms with E-state index in [9.17, 15) is 22.2 Å². The molecule has 0 aliphatic carbocycles. The number of hydrogen-bond acceptors (Lipinski definition) is 3. The monoisotopic (exact) mass is 346 g/mol. The Morgan fingerprint density at radius 3 is 2.22 bits per heavy atom. The van der Waals surface area contributed by atoms with Gasteiger partial charge in [0.25, 0.3) is 0 Å². The Balaban J connectivity index is 1.70. The SMILES string of the molecule is O=C1[C@@H](N2CCS(=O)CC2)CCN1c1ccc(C(F)(F)F)cc1. The number of alkyl halides is 3. The number of halogens is 3. The number of nitrogens with zero attached hydrogens (tertiary/aromatic N) is 2. The Kier molecular flexibility index (Phi) is 4.46. The zero-order chi connectivity index (χ0) is 16.6. The zero-order valence-corrected chi connectivity index (χ0v) is 13.2. The molecular formula is C15H17F3N2O2S. The molecule has 2 heterocycles. The predicted octanol–water partition coefficient (Wildman–Crippen LogP) is 1.88. The molecule has 0 bridgehead atoms. The van der Waals surface area contributed by atoms with Gasteiger partial charge in [0, 0.05) is 47.6 Å². The first-order chi connectivity index (χ1) is 10.9. The highest BCUT2D eigenvalue weighted by molar-refractivity contribution is 7.85. The highest BCUT2D eigenvalue weighted by Gasteiger charge is 2.38. The maximum Gasteiger partial charge on any atom is 0.416 e. The number of amides is 1. The van der Waals surface area contributed by atoms with Gasteiger partial charge in [0.15, 0.2) is 0 Å². The van der Waals surface area contributed by atoms with Crippen molar-refractivity contribution in [1.29, 1.82) is 0 Å². The van der Waals surface area contributed by atoms with Crippen LogP contribution in [0.25, 0.3) is 0 Å². The number of hydrogen-bond donors (Lipinski definition) is 0. The fraction of sp³-hybridized carbons (Fsp3) is 0.533. The lowest BCUT2D eigenvalue weighted by Gasteiger charge is -2.30. The molecule has 126 valence electrons. The Labute approximate surface area is 134 Å². The Hall–Kier alpha value is -1.41. The highest BCUT2D eigenvalue weighted by atomic mass is 32.2. The van der Waals surface area contributed by atoms with E-state index in [0.717, 1.165) is 12.1 Å².